The van der Waals surface area contributed by atoms with Crippen molar-refractivity contribution in [3.8, 4) is 11.3 Å². The molecule has 15 heavy (non-hydrogen) atoms. The molecule has 0 atom stereocenters. The first kappa shape index (κ1) is 10.1. The molecule has 0 saturated carbocycles. The van der Waals surface area contributed by atoms with E-state index in [9.17, 15) is 4.39 Å². The van der Waals surface area contributed by atoms with Crippen molar-refractivity contribution in [2.75, 3.05) is 0 Å². The monoisotopic (exact) mass is 222 g/mol. The van der Waals surface area contributed by atoms with Gasteiger partial charge in [0.25, 0.3) is 0 Å². The van der Waals surface area contributed by atoms with Crippen molar-refractivity contribution in [3.05, 3.63) is 48.2 Å². The van der Waals surface area contributed by atoms with Gasteiger partial charge in [0.1, 0.15) is 5.82 Å². The molecule has 0 amide bonds. The van der Waals surface area contributed by atoms with E-state index in [1.165, 1.54) is 6.07 Å². The molecule has 4 heteroatoms. The van der Waals surface area contributed by atoms with Gasteiger partial charge in [-0.05, 0) is 24.3 Å². The Balaban J connectivity index is 2.46. The van der Waals surface area contributed by atoms with Crippen molar-refractivity contribution in [1.82, 2.24) is 9.97 Å². The third kappa shape index (κ3) is 2.13. The molecule has 2 aromatic rings. The minimum Gasteiger partial charge on any atom is -0.265 e. The molecule has 0 unspecified atom stereocenters. The van der Waals surface area contributed by atoms with Crippen molar-refractivity contribution >= 4 is 11.6 Å². The number of rotatable bonds is 2. The lowest BCUT2D eigenvalue weighted by Gasteiger charge is -2.03. The Kier molecular flexibility index (Phi) is 2.92. The molecule has 0 saturated heterocycles. The molecule has 0 aliphatic rings. The van der Waals surface area contributed by atoms with Crippen LogP contribution in [0.5, 0.6) is 0 Å². The van der Waals surface area contributed by atoms with Gasteiger partial charge < -0.3 is 0 Å². The summed E-state index contributed by atoms with van der Waals surface area (Å²) in [4.78, 5) is 8.03. The van der Waals surface area contributed by atoms with Gasteiger partial charge in [-0.1, -0.05) is 0 Å². The zero-order chi connectivity index (χ0) is 10.7. The van der Waals surface area contributed by atoms with Gasteiger partial charge in [-0.15, -0.1) is 11.6 Å². The molecule has 76 valence electrons. The largest absolute Gasteiger partial charge is 0.265 e. The Morgan fingerprint density at radius 3 is 2.53 bits per heavy atom. The topological polar surface area (TPSA) is 25.8 Å². The summed E-state index contributed by atoms with van der Waals surface area (Å²) in [5.41, 5.74) is 1.87. The third-order valence-corrected chi connectivity index (χ3v) is 2.27. The second-order valence-electron chi connectivity index (χ2n) is 2.99. The van der Waals surface area contributed by atoms with E-state index in [-0.39, 0.29) is 17.4 Å². The number of nitrogens with zero attached hydrogens (tertiary/aromatic N) is 2. The number of hydrogen-bond acceptors (Lipinski definition) is 2. The first-order chi connectivity index (χ1) is 7.31. The lowest BCUT2D eigenvalue weighted by molar-refractivity contribution is 0.608. The van der Waals surface area contributed by atoms with Crippen molar-refractivity contribution in [1.29, 1.82) is 0 Å². The highest BCUT2D eigenvalue weighted by Crippen LogP contribution is 2.18. The van der Waals surface area contributed by atoms with Gasteiger partial charge in [-0.3, -0.25) is 4.98 Å². The normalized spacial score (nSPS) is 10.3. The van der Waals surface area contributed by atoms with E-state index < -0.39 is 0 Å². The SMILES string of the molecule is Fc1ccc(-c2ccncc2)nc1CCl. The highest BCUT2D eigenvalue weighted by molar-refractivity contribution is 6.16. The van der Waals surface area contributed by atoms with Crippen LogP contribution in [-0.2, 0) is 5.88 Å². The molecule has 0 fully saturated rings. The van der Waals surface area contributed by atoms with Gasteiger partial charge in [0.05, 0.1) is 17.3 Å². The van der Waals surface area contributed by atoms with E-state index in [4.69, 9.17) is 11.6 Å². The molecule has 2 rings (SSSR count). The molecule has 0 radical (unpaired) electrons. The Labute approximate surface area is 91.8 Å². The maximum absolute atomic E-state index is 13.1. The van der Waals surface area contributed by atoms with E-state index in [1.54, 1.807) is 18.5 Å². The van der Waals surface area contributed by atoms with Crippen LogP contribution in [0.1, 0.15) is 5.69 Å². The van der Waals surface area contributed by atoms with Crippen molar-refractivity contribution in [2.45, 2.75) is 5.88 Å². The van der Waals surface area contributed by atoms with Crippen molar-refractivity contribution in [3.63, 3.8) is 0 Å². The molecular formula is C11H8ClFN2. The third-order valence-electron chi connectivity index (χ3n) is 2.02. The number of hydrogen-bond donors (Lipinski definition) is 0. The summed E-state index contributed by atoms with van der Waals surface area (Å²) >= 11 is 5.58. The molecule has 0 aliphatic carbocycles. The first-order valence-electron chi connectivity index (χ1n) is 4.43. The van der Waals surface area contributed by atoms with Gasteiger partial charge in [-0.25, -0.2) is 9.37 Å². The van der Waals surface area contributed by atoms with E-state index >= 15 is 0 Å². The van der Waals surface area contributed by atoms with Crippen LogP contribution in [0, 0.1) is 5.82 Å². The molecule has 2 aromatic heterocycles. The fourth-order valence-electron chi connectivity index (χ4n) is 1.26. The number of halogens is 2. The number of aromatic nitrogens is 2. The maximum Gasteiger partial charge on any atom is 0.145 e. The van der Waals surface area contributed by atoms with Crippen LogP contribution >= 0.6 is 11.6 Å². The maximum atomic E-state index is 13.1. The predicted octanol–water partition coefficient (Wildman–Crippen LogP) is 3.02. The highest BCUT2D eigenvalue weighted by Gasteiger charge is 2.05. The lowest BCUT2D eigenvalue weighted by atomic mass is 10.1. The van der Waals surface area contributed by atoms with Crippen LogP contribution in [0.4, 0.5) is 4.39 Å². The predicted molar refractivity (Wildman–Crippen MR) is 57.0 cm³/mol. The van der Waals surface area contributed by atoms with Gasteiger partial charge >= 0.3 is 0 Å². The zero-order valence-corrected chi connectivity index (χ0v) is 8.58. The average molecular weight is 223 g/mol. The van der Waals surface area contributed by atoms with Crippen molar-refractivity contribution in [2.24, 2.45) is 0 Å². The number of alkyl halides is 1. The number of pyridine rings is 2. The molecule has 0 aliphatic heterocycles. The van der Waals surface area contributed by atoms with Crippen molar-refractivity contribution < 1.29 is 4.39 Å². The molecule has 0 N–H and O–H groups in total. The van der Waals surface area contributed by atoms with Crippen LogP contribution in [0.2, 0.25) is 0 Å². The fraction of sp³-hybridized carbons (Fsp3) is 0.0909. The zero-order valence-electron chi connectivity index (χ0n) is 7.82. The second-order valence-corrected chi connectivity index (χ2v) is 3.26. The lowest BCUT2D eigenvalue weighted by Crippen LogP contribution is -1.93. The summed E-state index contributed by atoms with van der Waals surface area (Å²) in [5, 5.41) is 0. The highest BCUT2D eigenvalue weighted by atomic mass is 35.5. The Bertz CT molecular complexity index is 459. The Hall–Kier alpha value is -1.48. The molecule has 0 spiro atoms. The van der Waals surface area contributed by atoms with Crippen LogP contribution in [0.3, 0.4) is 0 Å². The minimum absolute atomic E-state index is 0.0742. The summed E-state index contributed by atoms with van der Waals surface area (Å²) in [6.45, 7) is 0. The molecule has 2 nitrogen and oxygen atoms in total. The van der Waals surface area contributed by atoms with Gasteiger partial charge in [0, 0.05) is 18.0 Å². The summed E-state index contributed by atoms with van der Waals surface area (Å²) in [6, 6.07) is 6.64. The first-order valence-corrected chi connectivity index (χ1v) is 4.96. The molecular weight excluding hydrogens is 215 g/mol. The minimum atomic E-state index is -0.372. The van der Waals surface area contributed by atoms with Crippen LogP contribution in [-0.4, -0.2) is 9.97 Å². The summed E-state index contributed by atoms with van der Waals surface area (Å²) < 4.78 is 13.1. The second kappa shape index (κ2) is 4.36. The fourth-order valence-corrected chi connectivity index (χ4v) is 1.45. The van der Waals surface area contributed by atoms with Crippen LogP contribution in [0.25, 0.3) is 11.3 Å². The van der Waals surface area contributed by atoms with E-state index in [0.29, 0.717) is 5.69 Å². The van der Waals surface area contributed by atoms with Crippen LogP contribution in [0.15, 0.2) is 36.7 Å². The smallest absolute Gasteiger partial charge is 0.145 e. The average Bonchev–Trinajstić information content (AvgIpc) is 2.31. The Morgan fingerprint density at radius 1 is 1.13 bits per heavy atom. The molecule has 0 bridgehead atoms. The van der Waals surface area contributed by atoms with E-state index in [2.05, 4.69) is 9.97 Å². The summed E-state index contributed by atoms with van der Waals surface area (Å²) in [7, 11) is 0. The van der Waals surface area contributed by atoms with Gasteiger partial charge in [0.15, 0.2) is 0 Å². The summed E-state index contributed by atoms with van der Waals surface area (Å²) in [5.74, 6) is -0.298. The Morgan fingerprint density at radius 2 is 1.87 bits per heavy atom. The van der Waals surface area contributed by atoms with E-state index in [0.717, 1.165) is 5.56 Å². The summed E-state index contributed by atoms with van der Waals surface area (Å²) in [6.07, 6.45) is 3.33. The van der Waals surface area contributed by atoms with Gasteiger partial charge in [0.2, 0.25) is 0 Å². The quantitative estimate of drug-likeness (QED) is 0.730. The standard InChI is InChI=1S/C11H8ClFN2/c12-7-11-9(13)1-2-10(15-11)8-3-5-14-6-4-8/h1-6H,7H2. The van der Waals surface area contributed by atoms with E-state index in [1.807, 2.05) is 12.1 Å². The molecule has 2 heterocycles. The van der Waals surface area contributed by atoms with Crippen LogP contribution < -0.4 is 0 Å². The van der Waals surface area contributed by atoms with Gasteiger partial charge in [-0.2, -0.15) is 0 Å². The molecule has 0 aromatic carbocycles.